The van der Waals surface area contributed by atoms with Gasteiger partial charge in [0.2, 0.25) is 0 Å². The van der Waals surface area contributed by atoms with E-state index in [9.17, 15) is 4.79 Å². The smallest absolute Gasteiger partial charge is 0.310 e. The Morgan fingerprint density at radius 3 is 2.90 bits per heavy atom. The van der Waals surface area contributed by atoms with E-state index in [4.69, 9.17) is 9.47 Å². The molecule has 1 saturated heterocycles. The fourth-order valence-corrected chi connectivity index (χ4v) is 3.11. The predicted octanol–water partition coefficient (Wildman–Crippen LogP) is -3.17. The third-order valence-corrected chi connectivity index (χ3v) is 4.39. The minimum Gasteiger partial charge on any atom is -1.00 e. The summed E-state index contributed by atoms with van der Waals surface area (Å²) in [6.07, 6.45) is 9.41. The molecule has 3 aliphatic rings. The van der Waals surface area contributed by atoms with Crippen molar-refractivity contribution < 1.29 is 31.6 Å². The number of rotatable bonds is 4. The molecule has 1 saturated carbocycles. The second-order valence-electron chi connectivity index (χ2n) is 5.60. The van der Waals surface area contributed by atoms with Crippen LogP contribution in [0.2, 0.25) is 0 Å². The number of allylic oxidation sites excluding steroid dienone is 4. The molecule has 2 fully saturated rings. The lowest BCUT2D eigenvalue weighted by molar-refractivity contribution is -0.908. The van der Waals surface area contributed by atoms with Crippen molar-refractivity contribution in [2.45, 2.75) is 6.42 Å². The number of ether oxygens (including phenoxy) is 2. The molecule has 1 heterocycles. The molecule has 4 nitrogen and oxygen atoms in total. The molecule has 112 valence electrons. The third kappa shape index (κ3) is 3.62. The van der Waals surface area contributed by atoms with Gasteiger partial charge >= 0.3 is 5.97 Å². The lowest BCUT2D eigenvalue weighted by Gasteiger charge is -2.23. The van der Waals surface area contributed by atoms with Crippen molar-refractivity contribution in [3.63, 3.8) is 0 Å². The maximum atomic E-state index is 12.0. The first-order chi connectivity index (χ1) is 9.36. The molecule has 3 unspecified atom stereocenters. The standard InChI is InChI=1S/C15H21NO3.ClH/c17-15(14-12-4-2-1-3-5-13(12)14)19-11-8-16-6-9-18-10-7-16;/h1-4,12-14H,5-11H2;1H. The molecule has 20 heavy (non-hydrogen) atoms. The number of carbonyl (C=O) groups excluding carboxylic acids is 1. The van der Waals surface area contributed by atoms with Crippen molar-refractivity contribution in [1.29, 1.82) is 0 Å². The van der Waals surface area contributed by atoms with Gasteiger partial charge in [0.15, 0.2) is 0 Å². The number of morpholine rings is 1. The zero-order valence-electron chi connectivity index (χ0n) is 11.6. The number of fused-ring (bicyclic) bond motifs is 1. The van der Waals surface area contributed by atoms with Crippen LogP contribution in [-0.2, 0) is 14.3 Å². The Balaban J connectivity index is 0.00000147. The van der Waals surface area contributed by atoms with Crippen molar-refractivity contribution in [2.24, 2.45) is 17.8 Å². The van der Waals surface area contributed by atoms with Gasteiger partial charge in [-0.25, -0.2) is 0 Å². The number of carbonyl (C=O) groups is 1. The van der Waals surface area contributed by atoms with Crippen LogP contribution in [0.3, 0.4) is 0 Å². The van der Waals surface area contributed by atoms with E-state index < -0.39 is 0 Å². The second kappa shape index (κ2) is 7.25. The SMILES string of the molecule is O=C(OCC[NH+]1CCOCC1)C1C2C=CC=CCC21.[Cl-]. The van der Waals surface area contributed by atoms with Crippen molar-refractivity contribution in [1.82, 2.24) is 0 Å². The van der Waals surface area contributed by atoms with E-state index in [1.807, 2.05) is 0 Å². The summed E-state index contributed by atoms with van der Waals surface area (Å²) in [5, 5.41) is 0. The molecule has 0 aromatic rings. The van der Waals surface area contributed by atoms with Crippen LogP contribution in [0.5, 0.6) is 0 Å². The minimum atomic E-state index is 0. The first-order valence-electron chi connectivity index (χ1n) is 7.27. The Morgan fingerprint density at radius 2 is 2.10 bits per heavy atom. The molecule has 0 radical (unpaired) electrons. The van der Waals surface area contributed by atoms with Gasteiger partial charge in [-0.15, -0.1) is 0 Å². The molecule has 5 heteroatoms. The summed E-state index contributed by atoms with van der Waals surface area (Å²) >= 11 is 0. The summed E-state index contributed by atoms with van der Waals surface area (Å²) in [7, 11) is 0. The van der Waals surface area contributed by atoms with Crippen molar-refractivity contribution in [3.05, 3.63) is 24.3 Å². The molecule has 3 atom stereocenters. The lowest BCUT2D eigenvalue weighted by Crippen LogP contribution is -3.14. The quantitative estimate of drug-likeness (QED) is 0.557. The molecular formula is C15H22ClNO3. The highest BCUT2D eigenvalue weighted by Gasteiger charge is 2.53. The van der Waals surface area contributed by atoms with Crippen molar-refractivity contribution in [3.8, 4) is 0 Å². The van der Waals surface area contributed by atoms with E-state index in [0.717, 1.165) is 39.3 Å². The Kier molecular flexibility index (Phi) is 5.64. The van der Waals surface area contributed by atoms with E-state index in [-0.39, 0.29) is 24.3 Å². The van der Waals surface area contributed by atoms with Gasteiger partial charge < -0.3 is 26.8 Å². The van der Waals surface area contributed by atoms with Crippen molar-refractivity contribution >= 4 is 5.97 Å². The Morgan fingerprint density at radius 1 is 1.30 bits per heavy atom. The molecular weight excluding hydrogens is 278 g/mol. The molecule has 3 rings (SSSR count). The summed E-state index contributed by atoms with van der Waals surface area (Å²) in [4.78, 5) is 13.5. The van der Waals surface area contributed by atoms with Crippen LogP contribution in [0.15, 0.2) is 24.3 Å². The molecule has 0 aromatic carbocycles. The molecule has 0 bridgehead atoms. The van der Waals surface area contributed by atoms with E-state index in [1.54, 1.807) is 0 Å². The Bertz CT molecular complexity index is 391. The van der Waals surface area contributed by atoms with Crippen LogP contribution in [0, 0.1) is 17.8 Å². The van der Waals surface area contributed by atoms with Gasteiger partial charge in [0.25, 0.3) is 0 Å². The molecule has 1 N–H and O–H groups in total. The molecule has 1 aliphatic heterocycles. The highest BCUT2D eigenvalue weighted by molar-refractivity contribution is 5.77. The second-order valence-corrected chi connectivity index (χ2v) is 5.60. The van der Waals surface area contributed by atoms with Gasteiger partial charge in [0, 0.05) is 0 Å². The van der Waals surface area contributed by atoms with E-state index in [0.29, 0.717) is 18.4 Å². The number of esters is 1. The predicted molar refractivity (Wildman–Crippen MR) is 70.7 cm³/mol. The highest BCUT2D eigenvalue weighted by Crippen LogP contribution is 2.51. The van der Waals surface area contributed by atoms with Gasteiger partial charge in [-0.05, 0) is 18.3 Å². The van der Waals surface area contributed by atoms with E-state index >= 15 is 0 Å². The Labute approximate surface area is 126 Å². The van der Waals surface area contributed by atoms with E-state index in [2.05, 4.69) is 24.3 Å². The minimum absolute atomic E-state index is 0. The van der Waals surface area contributed by atoms with Crippen LogP contribution in [0.25, 0.3) is 0 Å². The number of nitrogens with one attached hydrogen (secondary N) is 1. The summed E-state index contributed by atoms with van der Waals surface area (Å²) in [5.74, 6) is 1.01. The maximum Gasteiger partial charge on any atom is 0.310 e. The summed E-state index contributed by atoms with van der Waals surface area (Å²) in [6, 6.07) is 0. The normalized spacial score (nSPS) is 31.9. The number of hydrogen-bond acceptors (Lipinski definition) is 3. The first-order valence-corrected chi connectivity index (χ1v) is 7.27. The molecule has 2 aliphatic carbocycles. The fourth-order valence-electron chi connectivity index (χ4n) is 3.11. The average molecular weight is 300 g/mol. The first kappa shape index (κ1) is 15.5. The monoisotopic (exact) mass is 299 g/mol. The number of halogens is 1. The summed E-state index contributed by atoms with van der Waals surface area (Å²) in [5.41, 5.74) is 0. The van der Waals surface area contributed by atoms with Gasteiger partial charge in [-0.3, -0.25) is 4.79 Å². The molecule has 0 spiro atoms. The van der Waals surface area contributed by atoms with Gasteiger partial charge in [-0.2, -0.15) is 0 Å². The Hall–Kier alpha value is -0.840. The van der Waals surface area contributed by atoms with Crippen LogP contribution < -0.4 is 17.3 Å². The number of quaternary nitrogens is 1. The topological polar surface area (TPSA) is 40.0 Å². The van der Waals surface area contributed by atoms with Gasteiger partial charge in [0.05, 0.1) is 19.1 Å². The van der Waals surface area contributed by atoms with Gasteiger partial charge in [0.1, 0.15) is 26.2 Å². The number of hydrogen-bond donors (Lipinski definition) is 1. The van der Waals surface area contributed by atoms with Crippen LogP contribution in [0.1, 0.15) is 6.42 Å². The lowest BCUT2D eigenvalue weighted by atomic mass is 10.2. The zero-order chi connectivity index (χ0) is 13.1. The highest BCUT2D eigenvalue weighted by atomic mass is 35.5. The maximum absolute atomic E-state index is 12.0. The largest absolute Gasteiger partial charge is 1.00 e. The summed E-state index contributed by atoms with van der Waals surface area (Å²) in [6.45, 7) is 5.16. The zero-order valence-corrected chi connectivity index (χ0v) is 12.3. The summed E-state index contributed by atoms with van der Waals surface area (Å²) < 4.78 is 10.8. The van der Waals surface area contributed by atoms with Crippen LogP contribution in [-0.4, -0.2) is 45.4 Å². The molecule has 0 aromatic heterocycles. The van der Waals surface area contributed by atoms with Crippen LogP contribution >= 0.6 is 0 Å². The molecule has 0 amide bonds. The van der Waals surface area contributed by atoms with Crippen molar-refractivity contribution in [2.75, 3.05) is 39.5 Å². The van der Waals surface area contributed by atoms with Gasteiger partial charge in [-0.1, -0.05) is 24.3 Å². The van der Waals surface area contributed by atoms with Crippen LogP contribution in [0.4, 0.5) is 0 Å². The average Bonchev–Trinajstić information content (AvgIpc) is 3.14. The van der Waals surface area contributed by atoms with E-state index in [1.165, 1.54) is 4.90 Å². The fraction of sp³-hybridized carbons (Fsp3) is 0.667. The third-order valence-electron chi connectivity index (χ3n) is 4.39.